The maximum atomic E-state index is 12.2. The molecule has 0 radical (unpaired) electrons. The minimum absolute atomic E-state index is 0.0119. The second-order valence-electron chi connectivity index (χ2n) is 2.91. The van der Waals surface area contributed by atoms with Gasteiger partial charge in [-0.15, -0.1) is 0 Å². The molecule has 0 aromatic heterocycles. The minimum Gasteiger partial charge on any atom is -0.258 e. The van der Waals surface area contributed by atoms with E-state index in [1.165, 1.54) is 12.1 Å². The predicted molar refractivity (Wildman–Crippen MR) is 47.5 cm³/mol. The second kappa shape index (κ2) is 3.98. The molecule has 1 rings (SSSR count). The van der Waals surface area contributed by atoms with E-state index < -0.39 is 11.6 Å². The molecule has 4 heteroatoms. The van der Waals surface area contributed by atoms with Crippen molar-refractivity contribution in [3.63, 3.8) is 0 Å². The van der Waals surface area contributed by atoms with Crippen LogP contribution in [0.3, 0.4) is 0 Å². The average Bonchev–Trinajstić information content (AvgIpc) is 2.17. The van der Waals surface area contributed by atoms with Gasteiger partial charge in [-0.25, -0.2) is 0 Å². The van der Waals surface area contributed by atoms with Crippen LogP contribution < -0.4 is 0 Å². The van der Waals surface area contributed by atoms with Gasteiger partial charge in [0, 0.05) is 18.1 Å². The molecule has 1 aromatic rings. The third-order valence-corrected chi connectivity index (χ3v) is 1.88. The quantitative estimate of drug-likeness (QED) is 0.534. The molecule has 1 unspecified atom stereocenters. The zero-order chi connectivity index (χ0) is 9.84. The van der Waals surface area contributed by atoms with Crippen LogP contribution in [0.1, 0.15) is 18.4 Å². The number of nitro benzene ring substituents is 1. The summed E-state index contributed by atoms with van der Waals surface area (Å²) in [6, 6.07) is 6.07. The fourth-order valence-electron chi connectivity index (χ4n) is 1.03. The van der Waals surface area contributed by atoms with Crippen LogP contribution in [0.15, 0.2) is 24.3 Å². The molecule has 0 saturated carbocycles. The van der Waals surface area contributed by atoms with Crippen molar-refractivity contribution < 1.29 is 9.31 Å². The lowest BCUT2D eigenvalue weighted by molar-refractivity contribution is -0.384. The number of non-ortho nitro benzene ring substituents is 1. The van der Waals surface area contributed by atoms with Crippen LogP contribution >= 0.6 is 0 Å². The number of hydrogen-bond acceptors (Lipinski definition) is 2. The maximum Gasteiger partial charge on any atom is 0.269 e. The molecule has 1 aromatic carbocycles. The first kappa shape index (κ1) is 9.64. The van der Waals surface area contributed by atoms with Crippen LogP contribution in [-0.4, -0.2) is 11.6 Å². The first-order valence-electron chi connectivity index (χ1n) is 3.95. The van der Waals surface area contributed by atoms with Gasteiger partial charge in [0.2, 0.25) is 0 Å². The molecule has 0 bridgehead atoms. The highest BCUT2D eigenvalue weighted by molar-refractivity contribution is 5.35. The van der Waals surface area contributed by atoms with Gasteiger partial charge in [-0.2, -0.15) is 0 Å². The van der Waals surface area contributed by atoms with Crippen molar-refractivity contribution in [1.29, 1.82) is 0 Å². The van der Waals surface area contributed by atoms with Crippen molar-refractivity contribution >= 4 is 5.69 Å². The predicted octanol–water partition coefficient (Wildman–Crippen LogP) is 2.67. The lowest BCUT2D eigenvalue weighted by Gasteiger charge is -2.05. The van der Waals surface area contributed by atoms with Crippen LogP contribution in [-0.2, 0) is 0 Å². The Labute approximate surface area is 75.3 Å². The molecule has 0 fully saturated rings. The summed E-state index contributed by atoms with van der Waals surface area (Å²) in [7, 11) is 0. The smallest absolute Gasteiger partial charge is 0.258 e. The number of rotatable bonds is 3. The summed E-state index contributed by atoms with van der Waals surface area (Å²) in [5.74, 6) is -0.278. The molecule has 0 aliphatic rings. The number of alkyl halides is 1. The van der Waals surface area contributed by atoms with Crippen molar-refractivity contribution in [3.05, 3.63) is 39.9 Å². The summed E-state index contributed by atoms with van der Waals surface area (Å²) in [5.41, 5.74) is 0.675. The second-order valence-corrected chi connectivity index (χ2v) is 2.91. The summed E-state index contributed by atoms with van der Waals surface area (Å²) in [6.07, 6.45) is 0. The van der Waals surface area contributed by atoms with Crippen LogP contribution in [0.5, 0.6) is 0 Å². The van der Waals surface area contributed by atoms with E-state index in [4.69, 9.17) is 0 Å². The summed E-state index contributed by atoms with van der Waals surface area (Å²) < 4.78 is 12.2. The lowest BCUT2D eigenvalue weighted by Crippen LogP contribution is -1.96. The first-order chi connectivity index (χ1) is 6.15. The van der Waals surface area contributed by atoms with E-state index in [2.05, 4.69) is 0 Å². The van der Waals surface area contributed by atoms with Crippen LogP contribution in [0.4, 0.5) is 10.1 Å². The minimum atomic E-state index is -0.499. The summed E-state index contributed by atoms with van der Waals surface area (Å²) >= 11 is 0. The molecular formula is C9H10FNO2. The van der Waals surface area contributed by atoms with E-state index in [9.17, 15) is 14.5 Å². The van der Waals surface area contributed by atoms with E-state index in [-0.39, 0.29) is 11.6 Å². The Balaban J connectivity index is 2.98. The van der Waals surface area contributed by atoms with E-state index >= 15 is 0 Å². The Morgan fingerprint density at radius 1 is 1.62 bits per heavy atom. The zero-order valence-corrected chi connectivity index (χ0v) is 7.24. The molecule has 0 heterocycles. The summed E-state index contributed by atoms with van der Waals surface area (Å²) in [6.45, 7) is 1.19. The van der Waals surface area contributed by atoms with Crippen LogP contribution in [0, 0.1) is 10.1 Å². The van der Waals surface area contributed by atoms with E-state index in [0.717, 1.165) is 0 Å². The van der Waals surface area contributed by atoms with Crippen molar-refractivity contribution in [2.75, 3.05) is 6.67 Å². The number of nitro groups is 1. The molecule has 0 saturated heterocycles. The summed E-state index contributed by atoms with van der Waals surface area (Å²) in [4.78, 5) is 9.90. The molecule has 1 atom stereocenters. The van der Waals surface area contributed by atoms with E-state index in [0.29, 0.717) is 5.56 Å². The van der Waals surface area contributed by atoms with Gasteiger partial charge in [-0.1, -0.05) is 19.1 Å². The molecule has 0 aliphatic heterocycles. The van der Waals surface area contributed by atoms with Gasteiger partial charge in [-0.05, 0) is 5.56 Å². The molecular weight excluding hydrogens is 173 g/mol. The Hall–Kier alpha value is -1.45. The molecule has 0 N–H and O–H groups in total. The van der Waals surface area contributed by atoms with E-state index in [1.54, 1.807) is 19.1 Å². The first-order valence-corrected chi connectivity index (χ1v) is 3.95. The fourth-order valence-corrected chi connectivity index (χ4v) is 1.03. The van der Waals surface area contributed by atoms with Crippen molar-refractivity contribution in [1.82, 2.24) is 0 Å². The van der Waals surface area contributed by atoms with Crippen molar-refractivity contribution in [3.8, 4) is 0 Å². The van der Waals surface area contributed by atoms with Gasteiger partial charge in [0.25, 0.3) is 5.69 Å². The van der Waals surface area contributed by atoms with Gasteiger partial charge in [0.1, 0.15) is 0 Å². The fraction of sp³-hybridized carbons (Fsp3) is 0.333. The molecule has 70 valence electrons. The Kier molecular flexibility index (Phi) is 2.95. The zero-order valence-electron chi connectivity index (χ0n) is 7.24. The number of benzene rings is 1. The highest BCUT2D eigenvalue weighted by Crippen LogP contribution is 2.20. The monoisotopic (exact) mass is 183 g/mol. The molecule has 0 spiro atoms. The Bertz CT molecular complexity index is 314. The topological polar surface area (TPSA) is 43.1 Å². The normalized spacial score (nSPS) is 12.5. The molecule has 13 heavy (non-hydrogen) atoms. The highest BCUT2D eigenvalue weighted by atomic mass is 19.1. The van der Waals surface area contributed by atoms with Gasteiger partial charge in [0.05, 0.1) is 11.6 Å². The van der Waals surface area contributed by atoms with Crippen LogP contribution in [0.2, 0.25) is 0 Å². The summed E-state index contributed by atoms with van der Waals surface area (Å²) in [5, 5.41) is 10.4. The standard InChI is InChI=1S/C9H10FNO2/c1-7(6-10)8-3-2-4-9(5-8)11(12)13/h2-5,7H,6H2,1H3. The number of hydrogen-bond donors (Lipinski definition) is 0. The maximum absolute atomic E-state index is 12.2. The van der Waals surface area contributed by atoms with Gasteiger partial charge in [-0.3, -0.25) is 14.5 Å². The lowest BCUT2D eigenvalue weighted by atomic mass is 10.0. The molecule has 3 nitrogen and oxygen atoms in total. The van der Waals surface area contributed by atoms with Gasteiger partial charge < -0.3 is 0 Å². The largest absolute Gasteiger partial charge is 0.269 e. The SMILES string of the molecule is CC(CF)c1cccc([N+](=O)[O-])c1. The third kappa shape index (κ3) is 2.24. The number of halogens is 1. The van der Waals surface area contributed by atoms with Crippen LogP contribution in [0.25, 0.3) is 0 Å². The average molecular weight is 183 g/mol. The molecule has 0 amide bonds. The van der Waals surface area contributed by atoms with Crippen molar-refractivity contribution in [2.45, 2.75) is 12.8 Å². The highest BCUT2D eigenvalue weighted by Gasteiger charge is 2.09. The third-order valence-electron chi connectivity index (χ3n) is 1.88. The van der Waals surface area contributed by atoms with E-state index in [1.807, 2.05) is 0 Å². The number of nitrogens with zero attached hydrogens (tertiary/aromatic N) is 1. The van der Waals surface area contributed by atoms with Crippen molar-refractivity contribution in [2.24, 2.45) is 0 Å². The molecule has 0 aliphatic carbocycles. The Morgan fingerprint density at radius 3 is 2.85 bits per heavy atom. The van der Waals surface area contributed by atoms with Gasteiger partial charge >= 0.3 is 0 Å². The Morgan fingerprint density at radius 2 is 2.31 bits per heavy atom. The van der Waals surface area contributed by atoms with Gasteiger partial charge in [0.15, 0.2) is 0 Å².